The molecule has 0 fully saturated rings. The molecule has 0 aromatic carbocycles. The van der Waals surface area contributed by atoms with Crippen LogP contribution in [0.3, 0.4) is 0 Å². The van der Waals surface area contributed by atoms with Crippen LogP contribution in [0.4, 0.5) is 0 Å². The van der Waals surface area contributed by atoms with E-state index in [1.807, 2.05) is 12.2 Å². The quantitative estimate of drug-likeness (QED) is 0.515. The van der Waals surface area contributed by atoms with Crippen LogP contribution in [0.15, 0.2) is 36.5 Å². The summed E-state index contributed by atoms with van der Waals surface area (Å²) in [7, 11) is 0. The Labute approximate surface area is 76.7 Å². The first-order chi connectivity index (χ1) is 5.85. The predicted molar refractivity (Wildman–Crippen MR) is 57.2 cm³/mol. The van der Waals surface area contributed by atoms with Crippen molar-refractivity contribution in [3.05, 3.63) is 36.5 Å². The molecule has 0 aliphatic rings. The van der Waals surface area contributed by atoms with Crippen molar-refractivity contribution in [3.8, 4) is 0 Å². The Bertz CT molecular complexity index is 153. The van der Waals surface area contributed by atoms with Gasteiger partial charge in [0.25, 0.3) is 0 Å². The van der Waals surface area contributed by atoms with Gasteiger partial charge >= 0.3 is 0 Å². The highest BCUT2D eigenvalue weighted by Gasteiger charge is 1.91. The minimum atomic E-state index is 1.23. The van der Waals surface area contributed by atoms with Gasteiger partial charge in [-0.15, -0.1) is 0 Å². The monoisotopic (exact) mass is 164 g/mol. The third kappa shape index (κ3) is 5.96. The van der Waals surface area contributed by atoms with Crippen LogP contribution in [0.5, 0.6) is 0 Å². The average Bonchev–Trinajstić information content (AvgIpc) is 2.06. The van der Waals surface area contributed by atoms with Gasteiger partial charge in [0.05, 0.1) is 0 Å². The highest BCUT2D eigenvalue weighted by molar-refractivity contribution is 5.15. The molecule has 0 saturated heterocycles. The molecule has 0 unspecified atom stereocenters. The van der Waals surface area contributed by atoms with Crippen LogP contribution in [0.2, 0.25) is 0 Å². The normalized spacial score (nSPS) is 10.2. The van der Waals surface area contributed by atoms with E-state index in [4.69, 9.17) is 0 Å². The Morgan fingerprint density at radius 2 is 1.67 bits per heavy atom. The van der Waals surface area contributed by atoms with Gasteiger partial charge < -0.3 is 0 Å². The predicted octanol–water partition coefficient (Wildman–Crippen LogP) is 4.26. The Morgan fingerprint density at radius 1 is 1.08 bits per heavy atom. The van der Waals surface area contributed by atoms with Crippen LogP contribution in [0.25, 0.3) is 0 Å². The number of rotatable bonds is 6. The first-order valence-electron chi connectivity index (χ1n) is 4.82. The largest absolute Gasteiger partial charge is 0.0991 e. The van der Waals surface area contributed by atoms with Crippen LogP contribution in [-0.4, -0.2) is 0 Å². The lowest BCUT2D eigenvalue weighted by Gasteiger charge is -2.01. The highest BCUT2D eigenvalue weighted by atomic mass is 14.0. The van der Waals surface area contributed by atoms with Gasteiger partial charge in [-0.05, 0) is 12.8 Å². The maximum atomic E-state index is 3.63. The lowest BCUT2D eigenvalue weighted by atomic mass is 10.1. The second-order valence-corrected chi connectivity index (χ2v) is 2.95. The van der Waals surface area contributed by atoms with Crippen LogP contribution < -0.4 is 0 Å². The van der Waals surface area contributed by atoms with Crippen molar-refractivity contribution in [3.63, 3.8) is 0 Å². The molecule has 0 nitrogen and oxygen atoms in total. The molecule has 0 heteroatoms. The third-order valence-electron chi connectivity index (χ3n) is 1.72. The van der Waals surface area contributed by atoms with Crippen LogP contribution in [0, 0.1) is 0 Å². The lowest BCUT2D eigenvalue weighted by Crippen LogP contribution is -1.81. The second kappa shape index (κ2) is 8.32. The minimum absolute atomic E-state index is 1.23. The molecule has 12 heavy (non-hydrogen) atoms. The van der Waals surface area contributed by atoms with Crippen molar-refractivity contribution in [2.24, 2.45) is 0 Å². The van der Waals surface area contributed by atoms with Crippen molar-refractivity contribution < 1.29 is 0 Å². The number of allylic oxidation sites excluding steroid dienone is 5. The summed E-state index contributed by atoms with van der Waals surface area (Å²) in [5.74, 6) is 0. The standard InChI is InChI=1S/C12H20/c1-4-7-8-11-12(9-5-2)10-6-3/h4,7-8,11H,1,5-6,9-10H2,2-3H3/b8-7-. The molecule has 0 spiro atoms. The van der Waals surface area contributed by atoms with E-state index in [2.05, 4.69) is 32.6 Å². The van der Waals surface area contributed by atoms with Crippen LogP contribution >= 0.6 is 0 Å². The fourth-order valence-corrected chi connectivity index (χ4v) is 1.20. The van der Waals surface area contributed by atoms with E-state index in [-0.39, 0.29) is 0 Å². The van der Waals surface area contributed by atoms with Crippen molar-refractivity contribution in [1.82, 2.24) is 0 Å². The van der Waals surface area contributed by atoms with Gasteiger partial charge in [-0.3, -0.25) is 0 Å². The fraction of sp³-hybridized carbons (Fsp3) is 0.500. The molecular formula is C12H20. The summed E-state index contributed by atoms with van der Waals surface area (Å²) in [4.78, 5) is 0. The zero-order valence-electron chi connectivity index (χ0n) is 8.34. The molecule has 0 bridgehead atoms. The number of hydrogen-bond acceptors (Lipinski definition) is 0. The summed E-state index contributed by atoms with van der Waals surface area (Å²) < 4.78 is 0. The first kappa shape index (κ1) is 11.2. The van der Waals surface area contributed by atoms with Gasteiger partial charge in [0.1, 0.15) is 0 Å². The summed E-state index contributed by atoms with van der Waals surface area (Å²) in [6.45, 7) is 8.08. The Hall–Kier alpha value is -0.780. The molecular weight excluding hydrogens is 144 g/mol. The summed E-state index contributed by atoms with van der Waals surface area (Å²) >= 11 is 0. The summed E-state index contributed by atoms with van der Waals surface area (Å²) in [6.07, 6.45) is 13.0. The molecule has 0 rings (SSSR count). The van der Waals surface area contributed by atoms with Crippen molar-refractivity contribution in [2.75, 3.05) is 0 Å². The van der Waals surface area contributed by atoms with Crippen LogP contribution in [-0.2, 0) is 0 Å². The van der Waals surface area contributed by atoms with Crippen LogP contribution in [0.1, 0.15) is 39.5 Å². The molecule has 0 aromatic rings. The molecule has 0 aromatic heterocycles. The van der Waals surface area contributed by atoms with Gasteiger partial charge in [-0.1, -0.05) is 63.1 Å². The van der Waals surface area contributed by atoms with Gasteiger partial charge in [0, 0.05) is 0 Å². The summed E-state index contributed by atoms with van der Waals surface area (Å²) in [5, 5.41) is 0. The molecule has 0 atom stereocenters. The molecule has 0 aliphatic carbocycles. The van der Waals surface area contributed by atoms with Crippen molar-refractivity contribution in [2.45, 2.75) is 39.5 Å². The maximum absolute atomic E-state index is 3.63. The summed E-state index contributed by atoms with van der Waals surface area (Å²) in [5.41, 5.74) is 1.55. The zero-order valence-corrected chi connectivity index (χ0v) is 8.34. The van der Waals surface area contributed by atoms with E-state index >= 15 is 0 Å². The highest BCUT2D eigenvalue weighted by Crippen LogP contribution is 2.11. The molecule has 68 valence electrons. The van der Waals surface area contributed by atoms with E-state index < -0.39 is 0 Å². The smallest absolute Gasteiger partial charge is 0.0320 e. The SMILES string of the molecule is C=C/C=C\C=C(CCC)CCC. The van der Waals surface area contributed by atoms with E-state index in [0.717, 1.165) is 0 Å². The number of hydrogen-bond donors (Lipinski definition) is 0. The summed E-state index contributed by atoms with van der Waals surface area (Å²) in [6, 6.07) is 0. The van der Waals surface area contributed by atoms with E-state index in [1.165, 1.54) is 25.7 Å². The van der Waals surface area contributed by atoms with E-state index in [1.54, 1.807) is 5.57 Å². The molecule has 0 aliphatic heterocycles. The molecule has 0 radical (unpaired) electrons. The average molecular weight is 164 g/mol. The fourth-order valence-electron chi connectivity index (χ4n) is 1.20. The Kier molecular flexibility index (Phi) is 7.78. The molecule has 0 amide bonds. The second-order valence-electron chi connectivity index (χ2n) is 2.95. The third-order valence-corrected chi connectivity index (χ3v) is 1.72. The molecule has 0 saturated carbocycles. The lowest BCUT2D eigenvalue weighted by molar-refractivity contribution is 0.803. The molecule has 0 N–H and O–H groups in total. The minimum Gasteiger partial charge on any atom is -0.0991 e. The zero-order chi connectivity index (χ0) is 9.23. The van der Waals surface area contributed by atoms with Crippen molar-refractivity contribution in [1.29, 1.82) is 0 Å². The topological polar surface area (TPSA) is 0 Å². The van der Waals surface area contributed by atoms with E-state index in [9.17, 15) is 0 Å². The van der Waals surface area contributed by atoms with Gasteiger partial charge in [0.15, 0.2) is 0 Å². The van der Waals surface area contributed by atoms with Gasteiger partial charge in [0.2, 0.25) is 0 Å². The van der Waals surface area contributed by atoms with Gasteiger partial charge in [-0.25, -0.2) is 0 Å². The molecule has 0 heterocycles. The first-order valence-corrected chi connectivity index (χ1v) is 4.82. The van der Waals surface area contributed by atoms with Crippen molar-refractivity contribution >= 4 is 0 Å². The van der Waals surface area contributed by atoms with Gasteiger partial charge in [-0.2, -0.15) is 0 Å². The van der Waals surface area contributed by atoms with E-state index in [0.29, 0.717) is 0 Å². The maximum Gasteiger partial charge on any atom is -0.0320 e. The Morgan fingerprint density at radius 3 is 2.08 bits per heavy atom. The Balaban J connectivity index is 3.97.